The molecule has 0 unspecified atom stereocenters. The molecule has 1 fully saturated rings. The summed E-state index contributed by atoms with van der Waals surface area (Å²) in [6, 6.07) is 7.39. The SMILES string of the molecule is CNC(=O)c1ccc(CN(C)C(=O)CCC2CCNCC2)cc1.Cl. The maximum Gasteiger partial charge on any atom is 0.251 e. The number of amides is 2. The first-order valence-corrected chi connectivity index (χ1v) is 8.36. The third kappa shape index (κ3) is 6.13. The number of nitrogens with one attached hydrogen (secondary N) is 2. The van der Waals surface area contributed by atoms with E-state index >= 15 is 0 Å². The summed E-state index contributed by atoms with van der Waals surface area (Å²) in [4.78, 5) is 25.5. The quantitative estimate of drug-likeness (QED) is 0.824. The maximum atomic E-state index is 12.3. The second-order valence-electron chi connectivity index (χ2n) is 6.26. The first kappa shape index (κ1) is 20.5. The molecule has 134 valence electrons. The zero-order valence-electron chi connectivity index (χ0n) is 14.5. The van der Waals surface area contributed by atoms with E-state index in [9.17, 15) is 9.59 Å². The van der Waals surface area contributed by atoms with Crippen molar-refractivity contribution in [2.45, 2.75) is 32.2 Å². The molecule has 0 bridgehead atoms. The molecule has 0 radical (unpaired) electrons. The molecule has 0 saturated carbocycles. The van der Waals surface area contributed by atoms with Crippen molar-refractivity contribution in [3.05, 3.63) is 35.4 Å². The van der Waals surface area contributed by atoms with Crippen LogP contribution in [0.25, 0.3) is 0 Å². The van der Waals surface area contributed by atoms with Gasteiger partial charge in [0, 0.05) is 32.6 Å². The highest BCUT2D eigenvalue weighted by molar-refractivity contribution is 5.93. The van der Waals surface area contributed by atoms with Gasteiger partial charge in [-0.1, -0.05) is 12.1 Å². The lowest BCUT2D eigenvalue weighted by Crippen LogP contribution is -2.30. The predicted octanol–water partition coefficient (Wildman–Crippen LogP) is 2.21. The molecular formula is C18H28ClN3O2. The summed E-state index contributed by atoms with van der Waals surface area (Å²) in [5, 5.41) is 5.95. The van der Waals surface area contributed by atoms with Gasteiger partial charge in [-0.05, 0) is 56.0 Å². The zero-order valence-corrected chi connectivity index (χ0v) is 15.3. The molecule has 6 heteroatoms. The smallest absolute Gasteiger partial charge is 0.251 e. The Morgan fingerprint density at radius 1 is 1.21 bits per heavy atom. The highest BCUT2D eigenvalue weighted by atomic mass is 35.5. The normalized spacial score (nSPS) is 14.6. The van der Waals surface area contributed by atoms with E-state index in [4.69, 9.17) is 0 Å². The van der Waals surface area contributed by atoms with Crippen LogP contribution in [-0.4, -0.2) is 43.9 Å². The van der Waals surface area contributed by atoms with Crippen LogP contribution in [-0.2, 0) is 11.3 Å². The highest BCUT2D eigenvalue weighted by Gasteiger charge is 2.16. The van der Waals surface area contributed by atoms with Gasteiger partial charge >= 0.3 is 0 Å². The van der Waals surface area contributed by atoms with Crippen LogP contribution in [0.5, 0.6) is 0 Å². The number of hydrogen-bond donors (Lipinski definition) is 2. The van der Waals surface area contributed by atoms with Gasteiger partial charge in [0.25, 0.3) is 5.91 Å². The number of benzene rings is 1. The molecule has 24 heavy (non-hydrogen) atoms. The Kier molecular flexibility index (Phi) is 8.79. The minimum Gasteiger partial charge on any atom is -0.355 e. The number of hydrogen-bond acceptors (Lipinski definition) is 3. The summed E-state index contributed by atoms with van der Waals surface area (Å²) < 4.78 is 0. The van der Waals surface area contributed by atoms with Crippen molar-refractivity contribution >= 4 is 24.2 Å². The average Bonchev–Trinajstić information content (AvgIpc) is 2.60. The Hall–Kier alpha value is -1.59. The number of carbonyl (C=O) groups excluding carboxylic acids is 2. The average molecular weight is 354 g/mol. The summed E-state index contributed by atoms with van der Waals surface area (Å²) >= 11 is 0. The van der Waals surface area contributed by atoms with E-state index in [-0.39, 0.29) is 24.2 Å². The van der Waals surface area contributed by atoms with Crippen molar-refractivity contribution in [1.82, 2.24) is 15.5 Å². The molecule has 1 heterocycles. The molecule has 1 aromatic rings. The van der Waals surface area contributed by atoms with Gasteiger partial charge in [-0.25, -0.2) is 0 Å². The minimum atomic E-state index is -0.0945. The summed E-state index contributed by atoms with van der Waals surface area (Å²) in [6.45, 7) is 2.73. The van der Waals surface area contributed by atoms with E-state index in [2.05, 4.69) is 10.6 Å². The summed E-state index contributed by atoms with van der Waals surface area (Å²) in [7, 11) is 3.46. The van der Waals surface area contributed by atoms with Gasteiger partial charge in [0.2, 0.25) is 5.91 Å². The van der Waals surface area contributed by atoms with E-state index in [1.165, 1.54) is 12.8 Å². The molecule has 1 saturated heterocycles. The fourth-order valence-electron chi connectivity index (χ4n) is 2.96. The maximum absolute atomic E-state index is 12.3. The van der Waals surface area contributed by atoms with Crippen LogP contribution < -0.4 is 10.6 Å². The van der Waals surface area contributed by atoms with Gasteiger partial charge in [0.05, 0.1) is 0 Å². The van der Waals surface area contributed by atoms with Crippen LogP contribution in [0.1, 0.15) is 41.6 Å². The van der Waals surface area contributed by atoms with Gasteiger partial charge in [-0.2, -0.15) is 0 Å². The third-order valence-electron chi connectivity index (χ3n) is 4.51. The Morgan fingerprint density at radius 3 is 2.42 bits per heavy atom. The molecule has 1 aliphatic rings. The monoisotopic (exact) mass is 353 g/mol. The lowest BCUT2D eigenvalue weighted by molar-refractivity contribution is -0.130. The topological polar surface area (TPSA) is 61.4 Å². The number of halogens is 1. The van der Waals surface area contributed by atoms with Gasteiger partial charge in [-0.15, -0.1) is 12.4 Å². The fraction of sp³-hybridized carbons (Fsp3) is 0.556. The summed E-state index contributed by atoms with van der Waals surface area (Å²) in [5.41, 5.74) is 1.67. The van der Waals surface area contributed by atoms with Crippen LogP contribution in [0.4, 0.5) is 0 Å². The van der Waals surface area contributed by atoms with Crippen molar-refractivity contribution in [1.29, 1.82) is 0 Å². The molecule has 5 nitrogen and oxygen atoms in total. The molecule has 2 rings (SSSR count). The van der Waals surface area contributed by atoms with Gasteiger partial charge in [0.1, 0.15) is 0 Å². The number of piperidine rings is 1. The van der Waals surface area contributed by atoms with E-state index in [1.807, 2.05) is 19.2 Å². The van der Waals surface area contributed by atoms with Crippen molar-refractivity contribution in [2.24, 2.45) is 5.92 Å². The molecule has 0 atom stereocenters. The largest absolute Gasteiger partial charge is 0.355 e. The highest BCUT2D eigenvalue weighted by Crippen LogP contribution is 2.18. The van der Waals surface area contributed by atoms with Crippen LogP contribution >= 0.6 is 12.4 Å². The number of rotatable bonds is 6. The fourth-order valence-corrected chi connectivity index (χ4v) is 2.96. The third-order valence-corrected chi connectivity index (χ3v) is 4.51. The van der Waals surface area contributed by atoms with E-state index in [0.717, 1.165) is 25.1 Å². The molecular weight excluding hydrogens is 326 g/mol. The Bertz CT molecular complexity index is 528. The van der Waals surface area contributed by atoms with Crippen LogP contribution in [0, 0.1) is 5.92 Å². The molecule has 0 aliphatic carbocycles. The minimum absolute atomic E-state index is 0. The van der Waals surface area contributed by atoms with Crippen LogP contribution in [0.2, 0.25) is 0 Å². The van der Waals surface area contributed by atoms with Gasteiger partial charge in [0.15, 0.2) is 0 Å². The van der Waals surface area contributed by atoms with Crippen LogP contribution in [0.3, 0.4) is 0 Å². The molecule has 0 spiro atoms. The Morgan fingerprint density at radius 2 is 1.83 bits per heavy atom. The second-order valence-corrected chi connectivity index (χ2v) is 6.26. The van der Waals surface area contributed by atoms with Gasteiger partial charge in [-0.3, -0.25) is 9.59 Å². The Balaban J connectivity index is 0.00000288. The first-order valence-electron chi connectivity index (χ1n) is 8.36. The summed E-state index contributed by atoms with van der Waals surface area (Å²) in [6.07, 6.45) is 3.97. The van der Waals surface area contributed by atoms with Gasteiger partial charge < -0.3 is 15.5 Å². The standard InChI is InChI=1S/C18H27N3O2.ClH/c1-19-18(23)16-6-3-15(4-7-16)13-21(2)17(22)8-5-14-9-11-20-12-10-14;/h3-4,6-7,14,20H,5,8-13H2,1-2H3,(H,19,23);1H. The van der Waals surface area contributed by atoms with E-state index in [1.54, 1.807) is 24.1 Å². The molecule has 1 aromatic carbocycles. The van der Waals surface area contributed by atoms with E-state index in [0.29, 0.717) is 24.4 Å². The lowest BCUT2D eigenvalue weighted by Gasteiger charge is -2.23. The number of nitrogens with zero attached hydrogens (tertiary/aromatic N) is 1. The molecule has 0 aromatic heterocycles. The molecule has 2 amide bonds. The van der Waals surface area contributed by atoms with Crippen molar-refractivity contribution < 1.29 is 9.59 Å². The van der Waals surface area contributed by atoms with Crippen molar-refractivity contribution in [2.75, 3.05) is 27.2 Å². The lowest BCUT2D eigenvalue weighted by atomic mass is 9.93. The predicted molar refractivity (Wildman–Crippen MR) is 98.4 cm³/mol. The van der Waals surface area contributed by atoms with Crippen molar-refractivity contribution in [3.63, 3.8) is 0 Å². The Labute approximate surface area is 150 Å². The van der Waals surface area contributed by atoms with E-state index < -0.39 is 0 Å². The zero-order chi connectivity index (χ0) is 16.7. The first-order chi connectivity index (χ1) is 11.1. The van der Waals surface area contributed by atoms with Crippen molar-refractivity contribution in [3.8, 4) is 0 Å². The van der Waals surface area contributed by atoms with Crippen LogP contribution in [0.15, 0.2) is 24.3 Å². The second kappa shape index (κ2) is 10.3. The molecule has 1 aliphatic heterocycles. The summed E-state index contributed by atoms with van der Waals surface area (Å²) in [5.74, 6) is 0.780. The molecule has 2 N–H and O–H groups in total. The number of carbonyl (C=O) groups is 2.